The number of rotatable bonds is 6. The molecule has 0 aliphatic rings. The molecular formula is C15H18FN3O3. The summed E-state index contributed by atoms with van der Waals surface area (Å²) < 4.78 is 18.7. The van der Waals surface area contributed by atoms with Crippen molar-refractivity contribution < 1.29 is 19.0 Å². The minimum absolute atomic E-state index is 0.106. The van der Waals surface area contributed by atoms with Crippen LogP contribution in [0.4, 0.5) is 4.39 Å². The number of aromatic amines is 1. The number of nitrogens with zero attached hydrogens (tertiary/aromatic N) is 2. The SMILES string of the molecule is COCC(O)CN(C)C(=O)c1cn[nH]c1-c1ccccc1F. The number of aromatic nitrogens is 2. The fraction of sp³-hybridized carbons (Fsp3) is 0.333. The Kier molecular flexibility index (Phi) is 5.24. The van der Waals surface area contributed by atoms with Crippen LogP contribution in [0.1, 0.15) is 10.4 Å². The van der Waals surface area contributed by atoms with Crippen molar-refractivity contribution in [3.63, 3.8) is 0 Å². The van der Waals surface area contributed by atoms with Gasteiger partial charge in [-0.1, -0.05) is 12.1 Å². The van der Waals surface area contributed by atoms with Crippen molar-refractivity contribution in [2.45, 2.75) is 6.10 Å². The first-order valence-corrected chi connectivity index (χ1v) is 6.75. The van der Waals surface area contributed by atoms with Crippen molar-refractivity contribution in [1.29, 1.82) is 0 Å². The molecule has 1 atom stereocenters. The van der Waals surface area contributed by atoms with E-state index in [2.05, 4.69) is 10.2 Å². The molecule has 22 heavy (non-hydrogen) atoms. The van der Waals surface area contributed by atoms with Gasteiger partial charge in [-0.25, -0.2) is 4.39 Å². The number of nitrogens with one attached hydrogen (secondary N) is 1. The van der Waals surface area contributed by atoms with E-state index >= 15 is 0 Å². The van der Waals surface area contributed by atoms with Crippen molar-refractivity contribution in [2.75, 3.05) is 27.3 Å². The Morgan fingerprint density at radius 2 is 2.23 bits per heavy atom. The molecule has 2 rings (SSSR count). The smallest absolute Gasteiger partial charge is 0.257 e. The Morgan fingerprint density at radius 1 is 1.50 bits per heavy atom. The number of benzene rings is 1. The van der Waals surface area contributed by atoms with E-state index in [0.29, 0.717) is 5.69 Å². The molecule has 0 fully saturated rings. The number of halogens is 1. The summed E-state index contributed by atoms with van der Waals surface area (Å²) in [5.74, 6) is -0.801. The van der Waals surface area contributed by atoms with Gasteiger partial charge in [-0.2, -0.15) is 5.10 Å². The number of hydrogen-bond acceptors (Lipinski definition) is 4. The van der Waals surface area contributed by atoms with Crippen molar-refractivity contribution in [1.82, 2.24) is 15.1 Å². The highest BCUT2D eigenvalue weighted by Crippen LogP contribution is 2.24. The maximum atomic E-state index is 13.9. The van der Waals surface area contributed by atoms with E-state index in [0.717, 1.165) is 0 Å². The van der Waals surface area contributed by atoms with Gasteiger partial charge in [0.15, 0.2) is 0 Å². The maximum Gasteiger partial charge on any atom is 0.257 e. The van der Waals surface area contributed by atoms with Gasteiger partial charge in [0.25, 0.3) is 5.91 Å². The number of methoxy groups -OCH3 is 1. The van der Waals surface area contributed by atoms with Gasteiger partial charge in [0.1, 0.15) is 5.82 Å². The summed E-state index contributed by atoms with van der Waals surface area (Å²) in [6, 6.07) is 6.14. The highest BCUT2D eigenvalue weighted by atomic mass is 19.1. The first-order chi connectivity index (χ1) is 10.5. The van der Waals surface area contributed by atoms with Crippen LogP contribution in [0.3, 0.4) is 0 Å². The first kappa shape index (κ1) is 16.1. The van der Waals surface area contributed by atoms with Crippen LogP contribution in [0.15, 0.2) is 30.5 Å². The largest absolute Gasteiger partial charge is 0.389 e. The Labute approximate surface area is 127 Å². The van der Waals surface area contributed by atoms with Gasteiger partial charge in [0.2, 0.25) is 0 Å². The fourth-order valence-corrected chi connectivity index (χ4v) is 2.17. The molecule has 0 aliphatic carbocycles. The predicted octanol–water partition coefficient (Wildman–Crippen LogP) is 1.30. The first-order valence-electron chi connectivity index (χ1n) is 6.75. The Morgan fingerprint density at radius 3 is 2.91 bits per heavy atom. The molecule has 0 spiro atoms. The molecule has 0 bridgehead atoms. The standard InChI is InChI=1S/C15H18FN3O3/c1-19(8-10(20)9-22-2)15(21)12-7-17-18-14(12)11-5-3-4-6-13(11)16/h3-7,10,20H,8-9H2,1-2H3,(H,17,18). The Hall–Kier alpha value is -2.25. The summed E-state index contributed by atoms with van der Waals surface area (Å²) in [5.41, 5.74) is 0.836. The number of hydrogen-bond donors (Lipinski definition) is 2. The number of ether oxygens (including phenoxy) is 1. The van der Waals surface area contributed by atoms with E-state index in [4.69, 9.17) is 4.74 Å². The van der Waals surface area contributed by atoms with Crippen LogP contribution in [-0.4, -0.2) is 59.5 Å². The molecule has 6 nitrogen and oxygen atoms in total. The van der Waals surface area contributed by atoms with Crippen LogP contribution in [0.25, 0.3) is 11.3 Å². The van der Waals surface area contributed by atoms with Gasteiger partial charge in [-0.05, 0) is 12.1 Å². The molecular weight excluding hydrogens is 289 g/mol. The van der Waals surface area contributed by atoms with E-state index in [9.17, 15) is 14.3 Å². The average molecular weight is 307 g/mol. The summed E-state index contributed by atoms with van der Waals surface area (Å²) >= 11 is 0. The lowest BCUT2D eigenvalue weighted by molar-refractivity contribution is 0.0380. The molecule has 0 aliphatic heterocycles. The summed E-state index contributed by atoms with van der Waals surface area (Å²) in [6.07, 6.45) is 0.561. The van der Waals surface area contributed by atoms with Gasteiger partial charge >= 0.3 is 0 Å². The van der Waals surface area contributed by atoms with E-state index in [1.807, 2.05) is 0 Å². The molecule has 118 valence electrons. The molecule has 1 aromatic carbocycles. The third-order valence-corrected chi connectivity index (χ3v) is 3.20. The van der Waals surface area contributed by atoms with E-state index in [1.165, 1.54) is 24.3 Å². The van der Waals surface area contributed by atoms with Gasteiger partial charge in [-0.15, -0.1) is 0 Å². The lowest BCUT2D eigenvalue weighted by Gasteiger charge is -2.20. The van der Waals surface area contributed by atoms with Crippen LogP contribution in [0.2, 0.25) is 0 Å². The number of carbonyl (C=O) groups is 1. The van der Waals surface area contributed by atoms with Crippen molar-refractivity contribution in [2.24, 2.45) is 0 Å². The van der Waals surface area contributed by atoms with Crippen LogP contribution in [0, 0.1) is 5.82 Å². The number of carbonyl (C=O) groups excluding carboxylic acids is 1. The van der Waals surface area contributed by atoms with Crippen LogP contribution >= 0.6 is 0 Å². The zero-order valence-corrected chi connectivity index (χ0v) is 12.4. The summed E-state index contributed by atoms with van der Waals surface area (Å²) in [6.45, 7) is 0.234. The van der Waals surface area contributed by atoms with E-state index in [1.54, 1.807) is 25.2 Å². The summed E-state index contributed by atoms with van der Waals surface area (Å²) in [7, 11) is 3.02. The third kappa shape index (κ3) is 3.49. The zero-order chi connectivity index (χ0) is 16.1. The van der Waals surface area contributed by atoms with E-state index < -0.39 is 11.9 Å². The second-order valence-electron chi connectivity index (χ2n) is 4.93. The number of aliphatic hydroxyl groups excluding tert-OH is 1. The summed E-state index contributed by atoms with van der Waals surface area (Å²) in [4.78, 5) is 13.8. The van der Waals surface area contributed by atoms with Crippen molar-refractivity contribution in [3.8, 4) is 11.3 Å². The maximum absolute atomic E-state index is 13.9. The van der Waals surface area contributed by atoms with Gasteiger partial charge in [0, 0.05) is 26.3 Å². The molecule has 1 aromatic heterocycles. The monoisotopic (exact) mass is 307 g/mol. The Bertz CT molecular complexity index is 644. The minimum Gasteiger partial charge on any atom is -0.389 e. The van der Waals surface area contributed by atoms with Crippen LogP contribution in [0.5, 0.6) is 0 Å². The molecule has 7 heteroatoms. The van der Waals surface area contributed by atoms with E-state index in [-0.39, 0.29) is 30.2 Å². The second kappa shape index (κ2) is 7.15. The highest BCUT2D eigenvalue weighted by molar-refractivity contribution is 5.99. The van der Waals surface area contributed by atoms with Gasteiger partial charge in [0.05, 0.1) is 30.2 Å². The molecule has 0 saturated carbocycles. The summed E-state index contributed by atoms with van der Waals surface area (Å²) in [5, 5.41) is 16.2. The third-order valence-electron chi connectivity index (χ3n) is 3.20. The topological polar surface area (TPSA) is 78.5 Å². The number of aliphatic hydroxyl groups is 1. The highest BCUT2D eigenvalue weighted by Gasteiger charge is 2.22. The predicted molar refractivity (Wildman–Crippen MR) is 78.8 cm³/mol. The molecule has 0 radical (unpaired) electrons. The fourth-order valence-electron chi connectivity index (χ4n) is 2.17. The van der Waals surface area contributed by atoms with Gasteiger partial charge in [-0.3, -0.25) is 9.89 Å². The molecule has 1 unspecified atom stereocenters. The molecule has 1 heterocycles. The Balaban J connectivity index is 2.22. The molecule has 2 N–H and O–H groups in total. The normalized spacial score (nSPS) is 12.2. The van der Waals surface area contributed by atoms with Crippen molar-refractivity contribution >= 4 is 5.91 Å². The lowest BCUT2D eigenvalue weighted by atomic mass is 10.1. The van der Waals surface area contributed by atoms with Crippen LogP contribution < -0.4 is 0 Å². The number of amides is 1. The quantitative estimate of drug-likeness (QED) is 0.843. The molecule has 2 aromatic rings. The van der Waals surface area contributed by atoms with Crippen molar-refractivity contribution in [3.05, 3.63) is 41.8 Å². The zero-order valence-electron chi connectivity index (χ0n) is 12.4. The van der Waals surface area contributed by atoms with Gasteiger partial charge < -0.3 is 14.7 Å². The van der Waals surface area contributed by atoms with Crippen LogP contribution in [-0.2, 0) is 4.74 Å². The number of likely N-dealkylation sites (N-methyl/N-ethyl adjacent to an activating group) is 1. The average Bonchev–Trinajstić information content (AvgIpc) is 2.96. The minimum atomic E-state index is -0.789. The molecule has 0 saturated heterocycles. The molecule has 1 amide bonds. The second-order valence-corrected chi connectivity index (χ2v) is 4.93. The lowest BCUT2D eigenvalue weighted by Crippen LogP contribution is -2.36. The number of H-pyrrole nitrogens is 1.